The van der Waals surface area contributed by atoms with Gasteiger partial charge in [-0.3, -0.25) is 9.52 Å². The summed E-state index contributed by atoms with van der Waals surface area (Å²) in [6.45, 7) is 1.82. The van der Waals surface area contributed by atoms with Crippen LogP contribution in [0.1, 0.15) is 49.4 Å². The highest BCUT2D eigenvalue weighted by Crippen LogP contribution is 2.30. The van der Waals surface area contributed by atoms with E-state index in [0.717, 1.165) is 12.8 Å². The molecule has 0 aromatic heterocycles. The molecule has 1 aromatic rings. The summed E-state index contributed by atoms with van der Waals surface area (Å²) in [4.78, 5) is 14.6. The number of hydrogen-bond donors (Lipinski definition) is 2. The van der Waals surface area contributed by atoms with E-state index in [9.17, 15) is 13.2 Å². The first-order valence-electron chi connectivity index (χ1n) is 9.01. The molecule has 6 nitrogen and oxygen atoms in total. The lowest BCUT2D eigenvalue weighted by Gasteiger charge is -2.35. The van der Waals surface area contributed by atoms with Crippen LogP contribution >= 0.6 is 0 Å². The van der Waals surface area contributed by atoms with E-state index in [1.807, 2.05) is 18.9 Å². The molecule has 2 bridgehead atoms. The fourth-order valence-corrected chi connectivity index (χ4v) is 5.03. The van der Waals surface area contributed by atoms with Gasteiger partial charge in [0.05, 0.1) is 5.75 Å². The van der Waals surface area contributed by atoms with Gasteiger partial charge in [0.25, 0.3) is 5.91 Å². The minimum Gasteiger partial charge on any atom is -0.339 e. The van der Waals surface area contributed by atoms with E-state index < -0.39 is 10.0 Å². The molecule has 0 spiro atoms. The Morgan fingerprint density at radius 2 is 1.80 bits per heavy atom. The number of rotatable bonds is 6. The van der Waals surface area contributed by atoms with Crippen molar-refractivity contribution in [1.29, 1.82) is 0 Å². The Bertz CT molecular complexity index is 706. The van der Waals surface area contributed by atoms with Crippen molar-refractivity contribution in [1.82, 2.24) is 10.2 Å². The third-order valence-electron chi connectivity index (χ3n) is 5.19. The molecule has 0 saturated carbocycles. The Balaban J connectivity index is 1.64. The molecule has 2 saturated heterocycles. The van der Waals surface area contributed by atoms with E-state index in [-0.39, 0.29) is 17.7 Å². The van der Waals surface area contributed by atoms with E-state index in [4.69, 9.17) is 0 Å². The fourth-order valence-electron chi connectivity index (χ4n) is 3.89. The number of amides is 1. The third-order valence-corrected chi connectivity index (χ3v) is 6.69. The maximum atomic E-state index is 12.7. The van der Waals surface area contributed by atoms with Gasteiger partial charge < -0.3 is 10.2 Å². The molecule has 2 atom stereocenters. The van der Waals surface area contributed by atoms with Crippen molar-refractivity contribution in [3.63, 3.8) is 0 Å². The molecule has 2 N–H and O–H groups in total. The smallest absolute Gasteiger partial charge is 0.253 e. The molecular formula is C18H27N3O3S. The lowest BCUT2D eigenvalue weighted by Crippen LogP contribution is -2.48. The van der Waals surface area contributed by atoms with Crippen LogP contribution in [0, 0.1) is 0 Å². The van der Waals surface area contributed by atoms with Crippen LogP contribution in [0.15, 0.2) is 24.3 Å². The number of benzene rings is 1. The van der Waals surface area contributed by atoms with Gasteiger partial charge >= 0.3 is 0 Å². The standard InChI is InChI=1S/C18H27N3O3S/c1-3-10-25(23,24)20-14-6-4-13(5-7-14)18(22)21(2)17-11-15-8-9-16(12-17)19-15/h4-7,15-17,19-20H,3,8-12H2,1-2H3. The molecular weight excluding hydrogens is 338 g/mol. The molecule has 7 heteroatoms. The van der Waals surface area contributed by atoms with Gasteiger partial charge in [-0.1, -0.05) is 6.92 Å². The van der Waals surface area contributed by atoms with Crippen LogP contribution in [0.4, 0.5) is 5.69 Å². The molecule has 2 unspecified atom stereocenters. The number of hydrogen-bond acceptors (Lipinski definition) is 4. The summed E-state index contributed by atoms with van der Waals surface area (Å²) in [5.74, 6) is 0.0864. The molecule has 3 rings (SSSR count). The summed E-state index contributed by atoms with van der Waals surface area (Å²) in [6, 6.07) is 8.04. The fraction of sp³-hybridized carbons (Fsp3) is 0.611. The summed E-state index contributed by atoms with van der Waals surface area (Å²) in [6.07, 6.45) is 4.99. The summed E-state index contributed by atoms with van der Waals surface area (Å²) in [7, 11) is -1.44. The first kappa shape index (κ1) is 18.2. The second kappa shape index (κ2) is 7.33. The van der Waals surface area contributed by atoms with E-state index in [0.29, 0.717) is 29.8 Å². The lowest BCUT2D eigenvalue weighted by atomic mass is 9.98. The SMILES string of the molecule is CCCS(=O)(=O)Nc1ccc(C(=O)N(C)C2CC3CCC(C2)N3)cc1. The van der Waals surface area contributed by atoms with Gasteiger partial charge in [-0.25, -0.2) is 8.42 Å². The number of sulfonamides is 1. The zero-order chi connectivity index (χ0) is 18.0. The Labute approximate surface area is 150 Å². The highest BCUT2D eigenvalue weighted by molar-refractivity contribution is 7.92. The quantitative estimate of drug-likeness (QED) is 0.810. The largest absolute Gasteiger partial charge is 0.339 e. The van der Waals surface area contributed by atoms with Crippen molar-refractivity contribution in [2.45, 2.75) is 57.2 Å². The predicted octanol–water partition coefficient (Wildman–Crippen LogP) is 2.19. The predicted molar refractivity (Wildman–Crippen MR) is 99.2 cm³/mol. The average molecular weight is 365 g/mol. The number of fused-ring (bicyclic) bond motifs is 2. The molecule has 1 amide bonds. The van der Waals surface area contributed by atoms with Gasteiger partial charge in [0.15, 0.2) is 0 Å². The average Bonchev–Trinajstić information content (AvgIpc) is 2.91. The second-order valence-electron chi connectivity index (χ2n) is 7.18. The van der Waals surface area contributed by atoms with Gasteiger partial charge in [0.2, 0.25) is 10.0 Å². The van der Waals surface area contributed by atoms with Gasteiger partial charge in [-0.15, -0.1) is 0 Å². The number of nitrogens with zero attached hydrogens (tertiary/aromatic N) is 1. The summed E-state index contributed by atoms with van der Waals surface area (Å²) in [5, 5.41) is 3.59. The molecule has 2 fully saturated rings. The van der Waals surface area contributed by atoms with E-state index >= 15 is 0 Å². The minimum absolute atomic E-state index is 0.00531. The first-order chi connectivity index (χ1) is 11.9. The van der Waals surface area contributed by atoms with Crippen LogP contribution < -0.4 is 10.0 Å². The van der Waals surface area contributed by atoms with E-state index in [1.54, 1.807) is 24.3 Å². The third kappa shape index (κ3) is 4.33. The zero-order valence-electron chi connectivity index (χ0n) is 14.9. The molecule has 2 aliphatic heterocycles. The summed E-state index contributed by atoms with van der Waals surface area (Å²) in [5.41, 5.74) is 1.08. The molecule has 0 aliphatic carbocycles. The first-order valence-corrected chi connectivity index (χ1v) is 10.7. The minimum atomic E-state index is -3.31. The van der Waals surface area contributed by atoms with Crippen molar-refractivity contribution in [3.05, 3.63) is 29.8 Å². The summed E-state index contributed by atoms with van der Waals surface area (Å²) >= 11 is 0. The van der Waals surface area contributed by atoms with Crippen molar-refractivity contribution in [2.75, 3.05) is 17.5 Å². The van der Waals surface area contributed by atoms with Crippen LogP contribution in [0.25, 0.3) is 0 Å². The Morgan fingerprint density at radius 3 is 2.36 bits per heavy atom. The van der Waals surface area contributed by atoms with Gasteiger partial charge in [-0.2, -0.15) is 0 Å². The van der Waals surface area contributed by atoms with Crippen LogP contribution in [0.5, 0.6) is 0 Å². The highest BCUT2D eigenvalue weighted by Gasteiger charge is 2.36. The number of nitrogens with one attached hydrogen (secondary N) is 2. The topological polar surface area (TPSA) is 78.5 Å². The molecule has 0 radical (unpaired) electrons. The van der Waals surface area contributed by atoms with E-state index in [1.165, 1.54) is 12.8 Å². The van der Waals surface area contributed by atoms with Crippen molar-refractivity contribution < 1.29 is 13.2 Å². The maximum Gasteiger partial charge on any atom is 0.253 e. The van der Waals surface area contributed by atoms with Gasteiger partial charge in [-0.05, 0) is 56.4 Å². The number of carbonyl (C=O) groups is 1. The number of carbonyl (C=O) groups excluding carboxylic acids is 1. The number of anilines is 1. The van der Waals surface area contributed by atoms with Gasteiger partial charge in [0, 0.05) is 36.4 Å². The molecule has 1 aromatic carbocycles. The normalized spacial score (nSPS) is 25.6. The second-order valence-corrected chi connectivity index (χ2v) is 9.02. The van der Waals surface area contributed by atoms with Crippen molar-refractivity contribution in [2.24, 2.45) is 0 Å². The zero-order valence-corrected chi connectivity index (χ0v) is 15.7. The van der Waals surface area contributed by atoms with Crippen molar-refractivity contribution in [3.8, 4) is 0 Å². The Hall–Kier alpha value is -1.60. The molecule has 25 heavy (non-hydrogen) atoms. The molecule has 2 heterocycles. The van der Waals surface area contributed by atoms with Crippen molar-refractivity contribution >= 4 is 21.6 Å². The van der Waals surface area contributed by atoms with Crippen LogP contribution in [0.2, 0.25) is 0 Å². The monoisotopic (exact) mass is 365 g/mol. The molecule has 138 valence electrons. The molecule has 2 aliphatic rings. The highest BCUT2D eigenvalue weighted by atomic mass is 32.2. The summed E-state index contributed by atoms with van der Waals surface area (Å²) < 4.78 is 26.2. The maximum absolute atomic E-state index is 12.7. The van der Waals surface area contributed by atoms with Gasteiger partial charge in [0.1, 0.15) is 0 Å². The van der Waals surface area contributed by atoms with Crippen LogP contribution in [-0.2, 0) is 10.0 Å². The van der Waals surface area contributed by atoms with E-state index in [2.05, 4.69) is 10.0 Å². The Morgan fingerprint density at radius 1 is 1.20 bits per heavy atom. The van der Waals surface area contributed by atoms with Crippen LogP contribution in [0.3, 0.4) is 0 Å². The number of piperidine rings is 1. The lowest BCUT2D eigenvalue weighted by molar-refractivity contribution is 0.0681. The Kier molecular flexibility index (Phi) is 5.34. The van der Waals surface area contributed by atoms with Crippen LogP contribution in [-0.4, -0.2) is 50.2 Å².